The van der Waals surface area contributed by atoms with Crippen LogP contribution < -0.4 is 5.48 Å². The number of rotatable bonds is 4. The quantitative estimate of drug-likeness (QED) is 0.658. The van der Waals surface area contributed by atoms with Crippen LogP contribution in [0.5, 0.6) is 0 Å². The molecule has 3 rings (SSSR count). The predicted molar refractivity (Wildman–Crippen MR) is 79.0 cm³/mol. The van der Waals surface area contributed by atoms with Gasteiger partial charge in [0.1, 0.15) is 0 Å². The smallest absolute Gasteiger partial charge is 0.276 e. The lowest BCUT2D eigenvalue weighted by molar-refractivity contribution is 0.0705. The van der Waals surface area contributed by atoms with E-state index in [2.05, 4.69) is 16.8 Å². The van der Waals surface area contributed by atoms with E-state index < -0.39 is 5.91 Å². The van der Waals surface area contributed by atoms with Gasteiger partial charge in [0.2, 0.25) is 0 Å². The lowest BCUT2D eigenvalue weighted by Gasteiger charge is -2.40. The van der Waals surface area contributed by atoms with Gasteiger partial charge in [-0.15, -0.1) is 0 Å². The highest BCUT2D eigenvalue weighted by atomic mass is 16.5. The minimum absolute atomic E-state index is 0.426. The second-order valence-electron chi connectivity index (χ2n) is 6.26. The van der Waals surface area contributed by atoms with Crippen LogP contribution in [0.25, 0.3) is 0 Å². The maximum absolute atomic E-state index is 11.5. The number of aromatic nitrogens is 1. The molecule has 2 heterocycles. The van der Waals surface area contributed by atoms with Gasteiger partial charge in [0.05, 0.1) is 5.56 Å². The molecule has 0 aromatic carbocycles. The molecule has 21 heavy (non-hydrogen) atoms. The average Bonchev–Trinajstić information content (AvgIpc) is 2.48. The molecule has 2 aliphatic rings. The van der Waals surface area contributed by atoms with Crippen LogP contribution in [0.2, 0.25) is 0 Å². The van der Waals surface area contributed by atoms with Crippen molar-refractivity contribution in [3.8, 4) is 0 Å². The molecule has 1 fully saturated rings. The third-order valence-corrected chi connectivity index (χ3v) is 4.93. The van der Waals surface area contributed by atoms with Crippen LogP contribution in [-0.4, -0.2) is 33.6 Å². The number of hydrogen-bond acceptors (Lipinski definition) is 4. The van der Waals surface area contributed by atoms with E-state index in [1.54, 1.807) is 11.7 Å². The zero-order valence-corrected chi connectivity index (χ0v) is 12.5. The molecule has 1 saturated carbocycles. The third kappa shape index (κ3) is 2.94. The molecule has 1 aromatic heterocycles. The number of carbonyl (C=O) groups excluding carboxylic acids is 1. The van der Waals surface area contributed by atoms with E-state index >= 15 is 0 Å². The highest BCUT2D eigenvalue weighted by molar-refractivity contribution is 5.93. The Morgan fingerprint density at radius 1 is 1.52 bits per heavy atom. The van der Waals surface area contributed by atoms with Gasteiger partial charge >= 0.3 is 0 Å². The standard InChI is InChI=1S/C16H23N3O2/c1-2-14-7-15-13(6-12(8-17-15)16(20)18-21)10-19(14)9-11-4-3-5-11/h6,8,11,14,21H,2-5,7,9-10H2,1H3,(H,18,20)/t14-/m1/s1. The fraction of sp³-hybridized carbons (Fsp3) is 0.625. The van der Waals surface area contributed by atoms with Crippen molar-refractivity contribution in [3.63, 3.8) is 0 Å². The Kier molecular flexibility index (Phi) is 4.22. The summed E-state index contributed by atoms with van der Waals surface area (Å²) in [6.45, 7) is 4.26. The van der Waals surface area contributed by atoms with E-state index in [4.69, 9.17) is 5.21 Å². The molecule has 5 nitrogen and oxygen atoms in total. The van der Waals surface area contributed by atoms with E-state index in [1.807, 2.05) is 6.07 Å². The Labute approximate surface area is 125 Å². The molecule has 1 amide bonds. The van der Waals surface area contributed by atoms with Gasteiger partial charge in [-0.25, -0.2) is 5.48 Å². The summed E-state index contributed by atoms with van der Waals surface area (Å²) in [6, 6.07) is 2.43. The van der Waals surface area contributed by atoms with E-state index in [1.165, 1.54) is 19.3 Å². The van der Waals surface area contributed by atoms with Gasteiger partial charge in [-0.3, -0.25) is 19.9 Å². The number of amides is 1. The summed E-state index contributed by atoms with van der Waals surface area (Å²) in [4.78, 5) is 18.5. The first kappa shape index (κ1) is 14.5. The molecule has 0 saturated heterocycles. The van der Waals surface area contributed by atoms with Crippen molar-refractivity contribution < 1.29 is 10.0 Å². The summed E-state index contributed by atoms with van der Waals surface area (Å²) in [5.41, 5.74) is 4.33. The predicted octanol–water partition coefficient (Wildman–Crippen LogP) is 2.14. The Morgan fingerprint density at radius 3 is 2.95 bits per heavy atom. The highest BCUT2D eigenvalue weighted by Crippen LogP contribution is 2.31. The minimum atomic E-state index is -0.492. The first-order valence-corrected chi connectivity index (χ1v) is 7.87. The summed E-state index contributed by atoms with van der Waals surface area (Å²) in [5.74, 6) is 0.353. The fourth-order valence-electron chi connectivity index (χ4n) is 3.37. The monoisotopic (exact) mass is 289 g/mol. The van der Waals surface area contributed by atoms with E-state index in [-0.39, 0.29) is 0 Å². The molecule has 114 valence electrons. The van der Waals surface area contributed by atoms with Gasteiger partial charge < -0.3 is 0 Å². The van der Waals surface area contributed by atoms with Crippen molar-refractivity contribution >= 4 is 5.91 Å². The van der Waals surface area contributed by atoms with Crippen LogP contribution in [0.1, 0.15) is 54.2 Å². The fourth-order valence-corrected chi connectivity index (χ4v) is 3.37. The number of hydrogen-bond donors (Lipinski definition) is 2. The van der Waals surface area contributed by atoms with Gasteiger partial charge in [0, 0.05) is 37.4 Å². The molecule has 0 bridgehead atoms. The van der Waals surface area contributed by atoms with Gasteiger partial charge in [-0.2, -0.15) is 0 Å². The zero-order valence-electron chi connectivity index (χ0n) is 12.5. The number of carbonyl (C=O) groups is 1. The maximum Gasteiger partial charge on any atom is 0.276 e. The van der Waals surface area contributed by atoms with Crippen LogP contribution in [-0.2, 0) is 13.0 Å². The maximum atomic E-state index is 11.5. The summed E-state index contributed by atoms with van der Waals surface area (Å²) < 4.78 is 0. The van der Waals surface area contributed by atoms with Crippen molar-refractivity contribution in [3.05, 3.63) is 29.1 Å². The Bertz CT molecular complexity index is 528. The van der Waals surface area contributed by atoms with Gasteiger partial charge in [0.25, 0.3) is 5.91 Å². The average molecular weight is 289 g/mol. The molecular weight excluding hydrogens is 266 g/mol. The second kappa shape index (κ2) is 6.12. The lowest BCUT2D eigenvalue weighted by atomic mass is 9.83. The molecule has 1 aromatic rings. The Morgan fingerprint density at radius 2 is 2.33 bits per heavy atom. The SMILES string of the molecule is CC[C@@H]1Cc2ncc(C(=O)NO)cc2CN1CC1CCC1. The van der Waals surface area contributed by atoms with Gasteiger partial charge in [0.15, 0.2) is 0 Å². The Balaban J connectivity index is 1.79. The van der Waals surface area contributed by atoms with Gasteiger partial charge in [-0.1, -0.05) is 13.3 Å². The van der Waals surface area contributed by atoms with Crippen molar-refractivity contribution in [2.45, 2.75) is 51.6 Å². The van der Waals surface area contributed by atoms with Crippen LogP contribution in [0.15, 0.2) is 12.3 Å². The number of hydroxylamine groups is 1. The molecule has 0 spiro atoms. The van der Waals surface area contributed by atoms with Crippen LogP contribution in [0.4, 0.5) is 0 Å². The molecular formula is C16H23N3O2. The summed E-state index contributed by atoms with van der Waals surface area (Å²) in [6.07, 6.45) is 7.72. The molecule has 5 heteroatoms. The van der Waals surface area contributed by atoms with E-state index in [9.17, 15) is 4.79 Å². The zero-order chi connectivity index (χ0) is 14.8. The molecule has 2 N–H and O–H groups in total. The van der Waals surface area contributed by atoms with Crippen molar-refractivity contribution in [1.82, 2.24) is 15.4 Å². The van der Waals surface area contributed by atoms with Crippen molar-refractivity contribution in [2.24, 2.45) is 5.92 Å². The van der Waals surface area contributed by atoms with Crippen molar-refractivity contribution in [1.29, 1.82) is 0 Å². The molecule has 1 atom stereocenters. The van der Waals surface area contributed by atoms with E-state index in [0.29, 0.717) is 11.6 Å². The van der Waals surface area contributed by atoms with Gasteiger partial charge in [-0.05, 0) is 36.8 Å². The van der Waals surface area contributed by atoms with Crippen LogP contribution >= 0.6 is 0 Å². The lowest BCUT2D eigenvalue weighted by Crippen LogP contribution is -2.44. The highest BCUT2D eigenvalue weighted by Gasteiger charge is 2.29. The van der Waals surface area contributed by atoms with E-state index in [0.717, 1.165) is 43.1 Å². The van der Waals surface area contributed by atoms with Crippen LogP contribution in [0, 0.1) is 5.92 Å². The molecule has 0 unspecified atom stereocenters. The minimum Gasteiger partial charge on any atom is -0.295 e. The van der Waals surface area contributed by atoms with Crippen molar-refractivity contribution in [2.75, 3.05) is 6.54 Å². The number of nitrogens with one attached hydrogen (secondary N) is 1. The summed E-state index contributed by atoms with van der Waals surface area (Å²) >= 11 is 0. The summed E-state index contributed by atoms with van der Waals surface area (Å²) in [7, 11) is 0. The first-order chi connectivity index (χ1) is 10.2. The molecule has 0 radical (unpaired) electrons. The van der Waals surface area contributed by atoms with Crippen LogP contribution in [0.3, 0.4) is 0 Å². The molecule has 1 aliphatic carbocycles. The summed E-state index contributed by atoms with van der Waals surface area (Å²) in [5, 5.41) is 8.75. The Hall–Kier alpha value is -1.46. The topological polar surface area (TPSA) is 65.5 Å². The first-order valence-electron chi connectivity index (χ1n) is 7.87. The second-order valence-corrected chi connectivity index (χ2v) is 6.26. The third-order valence-electron chi connectivity index (χ3n) is 4.93. The number of pyridine rings is 1. The number of fused-ring (bicyclic) bond motifs is 1. The molecule has 1 aliphatic heterocycles. The number of nitrogens with zero attached hydrogens (tertiary/aromatic N) is 2. The normalized spacial score (nSPS) is 22.5. The largest absolute Gasteiger partial charge is 0.295 e.